The number of halogens is 1. The zero-order valence-electron chi connectivity index (χ0n) is 8.44. The van der Waals surface area contributed by atoms with Crippen molar-refractivity contribution in [2.75, 3.05) is 18.8 Å². The van der Waals surface area contributed by atoms with E-state index in [2.05, 4.69) is 57.3 Å². The molecule has 1 nitrogen and oxygen atoms in total. The lowest BCUT2D eigenvalue weighted by molar-refractivity contribution is 1.06. The Morgan fingerprint density at radius 3 is 1.55 bits per heavy atom. The van der Waals surface area contributed by atoms with Crippen molar-refractivity contribution in [1.82, 2.24) is 3.64 Å². The van der Waals surface area contributed by atoms with Gasteiger partial charge in [-0.15, -0.1) is 15.3 Å². The first-order valence-electron chi connectivity index (χ1n) is 3.71. The maximum atomic E-state index is 3.71. The van der Waals surface area contributed by atoms with Gasteiger partial charge in [-0.05, 0) is 18.8 Å². The second-order valence-electron chi connectivity index (χ2n) is 4.44. The maximum absolute atomic E-state index is 3.71. The third kappa shape index (κ3) is 4.12. The minimum Gasteiger partial charge on any atom is -0.304 e. The molecular formula is C6H20BrNSSi2. The lowest BCUT2D eigenvalue weighted by atomic mass is 11.8. The van der Waals surface area contributed by atoms with Gasteiger partial charge >= 0.3 is 0 Å². The molecule has 0 fully saturated rings. The van der Waals surface area contributed by atoms with Gasteiger partial charge in [0.2, 0.25) is 0 Å². The zero-order valence-corrected chi connectivity index (χ0v) is 13.3. The average molecular weight is 274 g/mol. The molecule has 0 saturated carbocycles. The average Bonchev–Trinajstić information content (AvgIpc) is 1.56. The van der Waals surface area contributed by atoms with Gasteiger partial charge in [0.15, 0.2) is 8.30 Å². The van der Waals surface area contributed by atoms with Gasteiger partial charge in [-0.1, -0.05) is 19.6 Å². The molecule has 0 bridgehead atoms. The molecule has 0 rings (SSSR count). The van der Waals surface area contributed by atoms with E-state index in [1.807, 2.05) is 0 Å². The van der Waals surface area contributed by atoms with Crippen LogP contribution in [0.2, 0.25) is 19.6 Å². The highest BCUT2D eigenvalue weighted by molar-refractivity contribution is 9.23. The normalized spacial score (nSPS) is 16.7. The van der Waals surface area contributed by atoms with Crippen molar-refractivity contribution in [3.05, 3.63) is 0 Å². The van der Waals surface area contributed by atoms with Crippen molar-refractivity contribution in [3.63, 3.8) is 0 Å². The molecule has 11 heavy (non-hydrogen) atoms. The lowest BCUT2D eigenvalue weighted by Gasteiger charge is -2.47. The summed E-state index contributed by atoms with van der Waals surface area (Å²) in [5.74, 6) is 0. The van der Waals surface area contributed by atoms with Gasteiger partial charge in [-0.2, -0.15) is 0 Å². The van der Waals surface area contributed by atoms with Crippen LogP contribution in [0.5, 0.6) is 0 Å². The van der Waals surface area contributed by atoms with Gasteiger partial charge < -0.3 is 3.64 Å². The van der Waals surface area contributed by atoms with Crippen LogP contribution in [0.3, 0.4) is 0 Å². The third-order valence-electron chi connectivity index (χ3n) is 1.52. The van der Waals surface area contributed by atoms with Crippen LogP contribution in [0.15, 0.2) is 0 Å². The Hall–Kier alpha value is 1.22. The van der Waals surface area contributed by atoms with Crippen molar-refractivity contribution in [2.24, 2.45) is 0 Å². The molecule has 0 unspecified atom stereocenters. The molecule has 5 heteroatoms. The summed E-state index contributed by atoms with van der Waals surface area (Å²) in [6, 6.07) is 0. The first kappa shape index (κ1) is 12.2. The van der Waals surface area contributed by atoms with Crippen molar-refractivity contribution >= 4 is 42.0 Å². The van der Waals surface area contributed by atoms with E-state index in [1.165, 1.54) is 0 Å². The molecule has 0 saturated heterocycles. The SMILES string of the molecule is C[Si](C)(C)N([SiH2]Br)S(C)(C)C. The molecule has 70 valence electrons. The van der Waals surface area contributed by atoms with Gasteiger partial charge in [0.1, 0.15) is 8.24 Å². The molecule has 0 amide bonds. The van der Waals surface area contributed by atoms with Gasteiger partial charge in [0.25, 0.3) is 0 Å². The molecule has 0 radical (unpaired) electrons. The Morgan fingerprint density at radius 1 is 1.18 bits per heavy atom. The standard InChI is InChI=1S/C6H20BrNSSi2/c1-9(2,3)8(10-7)11(4,5)6/h10H2,1-6H3. The molecule has 0 spiro atoms. The summed E-state index contributed by atoms with van der Waals surface area (Å²) in [6.07, 6.45) is 7.17. The Bertz CT molecular complexity index is 116. The van der Waals surface area contributed by atoms with Crippen molar-refractivity contribution < 1.29 is 0 Å². The molecule has 0 aliphatic rings. The summed E-state index contributed by atoms with van der Waals surface area (Å²) in [6.45, 7) is 7.29. The Balaban J connectivity index is 4.43. The number of hydrogen-bond acceptors (Lipinski definition) is 1. The van der Waals surface area contributed by atoms with E-state index in [-0.39, 0.29) is 8.30 Å². The second kappa shape index (κ2) is 3.95. The van der Waals surface area contributed by atoms with Crippen LogP contribution in [-0.2, 0) is 0 Å². The lowest BCUT2D eigenvalue weighted by Crippen LogP contribution is -2.47. The molecule has 0 heterocycles. The largest absolute Gasteiger partial charge is 0.304 e. The second-order valence-corrected chi connectivity index (χ2v) is 17.1. The Kier molecular flexibility index (Phi) is 4.39. The Labute approximate surface area is 84.0 Å². The molecule has 0 N–H and O–H groups in total. The molecule has 0 aliphatic heterocycles. The van der Waals surface area contributed by atoms with Crippen LogP contribution >= 0.6 is 25.5 Å². The number of hydrogen-bond donors (Lipinski definition) is 0. The summed E-state index contributed by atoms with van der Waals surface area (Å²) in [5, 5.41) is 0. The van der Waals surface area contributed by atoms with Crippen molar-refractivity contribution in [2.45, 2.75) is 19.6 Å². The van der Waals surface area contributed by atoms with Crippen molar-refractivity contribution in [3.8, 4) is 0 Å². The summed E-state index contributed by atoms with van der Waals surface area (Å²) in [7, 11) is -1.64. The molecule has 0 aromatic rings. The predicted molar refractivity (Wildman–Crippen MR) is 68.0 cm³/mol. The minimum atomic E-state index is -1.04. The molecule has 0 aromatic carbocycles. The number of nitrogens with zero attached hydrogens (tertiary/aromatic N) is 1. The molecular weight excluding hydrogens is 254 g/mol. The van der Waals surface area contributed by atoms with E-state index in [9.17, 15) is 0 Å². The van der Waals surface area contributed by atoms with Crippen LogP contribution in [0.25, 0.3) is 0 Å². The summed E-state index contributed by atoms with van der Waals surface area (Å²) in [4.78, 5) is 0. The minimum absolute atomic E-state index is 0.136. The highest BCUT2D eigenvalue weighted by atomic mass is 79.9. The predicted octanol–water partition coefficient (Wildman–Crippen LogP) is 2.13. The molecule has 0 atom stereocenters. The van der Waals surface area contributed by atoms with Crippen LogP contribution in [0.4, 0.5) is 0 Å². The number of rotatable bonds is 3. The zero-order chi connectivity index (χ0) is 9.28. The van der Waals surface area contributed by atoms with Gasteiger partial charge in [0, 0.05) is 0 Å². The smallest absolute Gasteiger partial charge is 0.172 e. The van der Waals surface area contributed by atoms with Gasteiger partial charge in [-0.3, -0.25) is 0 Å². The highest BCUT2D eigenvalue weighted by Crippen LogP contribution is 2.43. The fourth-order valence-corrected chi connectivity index (χ4v) is 22.6. The van der Waals surface area contributed by atoms with Crippen LogP contribution in [0.1, 0.15) is 0 Å². The molecule has 0 aliphatic carbocycles. The summed E-state index contributed by atoms with van der Waals surface area (Å²) in [5.41, 5.74) is 0. The van der Waals surface area contributed by atoms with Crippen LogP contribution in [-0.4, -0.2) is 38.9 Å². The van der Waals surface area contributed by atoms with E-state index in [0.29, 0.717) is 0 Å². The third-order valence-corrected chi connectivity index (χ3v) is 17.8. The quantitative estimate of drug-likeness (QED) is 0.563. The first-order valence-corrected chi connectivity index (χ1v) is 14.5. The van der Waals surface area contributed by atoms with E-state index < -0.39 is 18.4 Å². The summed E-state index contributed by atoms with van der Waals surface area (Å²) < 4.78 is 2.78. The summed E-state index contributed by atoms with van der Waals surface area (Å²) >= 11 is 3.71. The first-order chi connectivity index (χ1) is 4.69. The topological polar surface area (TPSA) is 3.24 Å². The fraction of sp³-hybridized carbons (Fsp3) is 1.00. The van der Waals surface area contributed by atoms with E-state index in [1.54, 1.807) is 0 Å². The maximum Gasteiger partial charge on any atom is 0.172 e. The Morgan fingerprint density at radius 2 is 1.55 bits per heavy atom. The monoisotopic (exact) mass is 273 g/mol. The highest BCUT2D eigenvalue weighted by Gasteiger charge is 2.28. The van der Waals surface area contributed by atoms with E-state index in [0.717, 1.165) is 0 Å². The van der Waals surface area contributed by atoms with E-state index >= 15 is 0 Å². The molecule has 0 aromatic heterocycles. The van der Waals surface area contributed by atoms with Crippen molar-refractivity contribution in [1.29, 1.82) is 0 Å². The van der Waals surface area contributed by atoms with Gasteiger partial charge in [-0.25, -0.2) is 10.2 Å². The van der Waals surface area contributed by atoms with Gasteiger partial charge in [0.05, 0.1) is 0 Å². The fourth-order valence-electron chi connectivity index (χ4n) is 1.15. The van der Waals surface area contributed by atoms with E-state index in [4.69, 9.17) is 0 Å². The van der Waals surface area contributed by atoms with Crippen LogP contribution < -0.4 is 0 Å². The van der Waals surface area contributed by atoms with Crippen LogP contribution in [0, 0.1) is 0 Å².